The SMILES string of the molecule is COCC(N)=CCC1C(C)CCC1(C)C. The van der Waals surface area contributed by atoms with Gasteiger partial charge < -0.3 is 10.5 Å². The zero-order chi connectivity index (χ0) is 11.5. The number of rotatable bonds is 4. The molecule has 1 aliphatic rings. The maximum absolute atomic E-state index is 5.83. The number of hydrogen-bond acceptors (Lipinski definition) is 2. The van der Waals surface area contributed by atoms with Crippen LogP contribution in [0.1, 0.15) is 40.0 Å². The number of ether oxygens (including phenoxy) is 1. The highest BCUT2D eigenvalue weighted by Crippen LogP contribution is 2.48. The summed E-state index contributed by atoms with van der Waals surface area (Å²) in [5, 5.41) is 0. The average molecular weight is 211 g/mol. The van der Waals surface area contributed by atoms with E-state index in [1.807, 2.05) is 0 Å². The summed E-state index contributed by atoms with van der Waals surface area (Å²) in [5.74, 6) is 1.60. The minimum absolute atomic E-state index is 0.475. The summed E-state index contributed by atoms with van der Waals surface area (Å²) < 4.78 is 5.00. The van der Waals surface area contributed by atoms with Crippen LogP contribution in [0.25, 0.3) is 0 Å². The predicted octanol–water partition coefficient (Wildman–Crippen LogP) is 2.94. The van der Waals surface area contributed by atoms with Crippen molar-refractivity contribution >= 4 is 0 Å². The van der Waals surface area contributed by atoms with Crippen molar-refractivity contribution in [2.45, 2.75) is 40.0 Å². The highest BCUT2D eigenvalue weighted by atomic mass is 16.5. The van der Waals surface area contributed by atoms with Gasteiger partial charge in [-0.2, -0.15) is 0 Å². The topological polar surface area (TPSA) is 35.2 Å². The lowest BCUT2D eigenvalue weighted by molar-refractivity contribution is 0.217. The van der Waals surface area contributed by atoms with Gasteiger partial charge in [0.05, 0.1) is 6.61 Å². The lowest BCUT2D eigenvalue weighted by Crippen LogP contribution is -2.21. The van der Waals surface area contributed by atoms with Crippen molar-refractivity contribution in [3.8, 4) is 0 Å². The van der Waals surface area contributed by atoms with Crippen LogP contribution >= 0.6 is 0 Å². The van der Waals surface area contributed by atoms with Gasteiger partial charge in [0.15, 0.2) is 0 Å². The number of allylic oxidation sites excluding steroid dienone is 1. The molecule has 2 nitrogen and oxygen atoms in total. The molecule has 0 bridgehead atoms. The second-order valence-corrected chi connectivity index (χ2v) is 5.56. The first-order chi connectivity index (χ1) is 6.97. The molecule has 1 aliphatic carbocycles. The molecule has 2 unspecified atom stereocenters. The first-order valence-electron chi connectivity index (χ1n) is 5.91. The fourth-order valence-electron chi connectivity index (χ4n) is 2.81. The summed E-state index contributed by atoms with van der Waals surface area (Å²) in [7, 11) is 1.68. The van der Waals surface area contributed by atoms with Gasteiger partial charge in [-0.15, -0.1) is 0 Å². The summed E-state index contributed by atoms with van der Waals surface area (Å²) in [6, 6.07) is 0. The quantitative estimate of drug-likeness (QED) is 0.776. The molecule has 0 radical (unpaired) electrons. The fraction of sp³-hybridized carbons (Fsp3) is 0.846. The largest absolute Gasteiger partial charge is 0.400 e. The van der Waals surface area contributed by atoms with Crippen molar-refractivity contribution < 1.29 is 4.74 Å². The zero-order valence-electron chi connectivity index (χ0n) is 10.5. The molecule has 0 heterocycles. The standard InChI is InChI=1S/C13H25NO/c1-10-7-8-13(2,3)12(10)6-5-11(14)9-15-4/h5,10,12H,6-9,14H2,1-4H3. The summed E-state index contributed by atoms with van der Waals surface area (Å²) in [5.41, 5.74) is 7.18. The number of methoxy groups -OCH3 is 1. The van der Waals surface area contributed by atoms with Crippen LogP contribution in [0.3, 0.4) is 0 Å². The van der Waals surface area contributed by atoms with Gasteiger partial charge in [-0.3, -0.25) is 0 Å². The fourth-order valence-corrected chi connectivity index (χ4v) is 2.81. The molecule has 0 aliphatic heterocycles. The van der Waals surface area contributed by atoms with E-state index in [0.717, 1.165) is 24.0 Å². The Morgan fingerprint density at radius 2 is 2.20 bits per heavy atom. The monoisotopic (exact) mass is 211 g/mol. The van der Waals surface area contributed by atoms with Crippen LogP contribution in [0, 0.1) is 17.3 Å². The molecule has 0 amide bonds. The number of nitrogens with two attached hydrogens (primary N) is 1. The highest BCUT2D eigenvalue weighted by molar-refractivity contribution is 5.01. The Balaban J connectivity index is 2.53. The third-order valence-electron chi connectivity index (χ3n) is 3.88. The first-order valence-corrected chi connectivity index (χ1v) is 5.91. The second-order valence-electron chi connectivity index (χ2n) is 5.56. The molecule has 0 aromatic heterocycles. The van der Waals surface area contributed by atoms with E-state index in [2.05, 4.69) is 26.8 Å². The molecule has 0 saturated heterocycles. The van der Waals surface area contributed by atoms with Gasteiger partial charge in [0.25, 0.3) is 0 Å². The van der Waals surface area contributed by atoms with E-state index in [4.69, 9.17) is 10.5 Å². The van der Waals surface area contributed by atoms with Crippen LogP contribution in [0.2, 0.25) is 0 Å². The average Bonchev–Trinajstić information content (AvgIpc) is 2.39. The molecule has 0 aromatic rings. The van der Waals surface area contributed by atoms with Crippen LogP contribution in [0.4, 0.5) is 0 Å². The van der Waals surface area contributed by atoms with Crippen LogP contribution in [-0.2, 0) is 4.74 Å². The van der Waals surface area contributed by atoms with Crippen LogP contribution in [0.5, 0.6) is 0 Å². The van der Waals surface area contributed by atoms with E-state index in [1.54, 1.807) is 7.11 Å². The van der Waals surface area contributed by atoms with Crippen LogP contribution < -0.4 is 5.73 Å². The van der Waals surface area contributed by atoms with Crippen molar-refractivity contribution in [2.75, 3.05) is 13.7 Å². The maximum atomic E-state index is 5.83. The van der Waals surface area contributed by atoms with Crippen molar-refractivity contribution in [1.29, 1.82) is 0 Å². The molecule has 15 heavy (non-hydrogen) atoms. The van der Waals surface area contributed by atoms with Gasteiger partial charge in [0.1, 0.15) is 0 Å². The van der Waals surface area contributed by atoms with E-state index in [0.29, 0.717) is 12.0 Å². The van der Waals surface area contributed by atoms with Crippen molar-refractivity contribution in [3.63, 3.8) is 0 Å². The van der Waals surface area contributed by atoms with Crippen LogP contribution in [0.15, 0.2) is 11.8 Å². The molecule has 1 saturated carbocycles. The second kappa shape index (κ2) is 5.02. The smallest absolute Gasteiger partial charge is 0.0853 e. The maximum Gasteiger partial charge on any atom is 0.0853 e. The van der Waals surface area contributed by atoms with Crippen molar-refractivity contribution in [3.05, 3.63) is 11.8 Å². The predicted molar refractivity (Wildman–Crippen MR) is 64.4 cm³/mol. The minimum Gasteiger partial charge on any atom is -0.400 e. The van der Waals surface area contributed by atoms with E-state index in [9.17, 15) is 0 Å². The Kier molecular flexibility index (Phi) is 4.21. The molecule has 2 heteroatoms. The van der Waals surface area contributed by atoms with Gasteiger partial charge in [-0.1, -0.05) is 26.8 Å². The molecule has 2 atom stereocenters. The Morgan fingerprint density at radius 1 is 1.53 bits per heavy atom. The first kappa shape index (κ1) is 12.6. The summed E-state index contributed by atoms with van der Waals surface area (Å²) in [6.45, 7) is 7.67. The third-order valence-corrected chi connectivity index (χ3v) is 3.88. The molecular weight excluding hydrogens is 186 g/mol. The van der Waals surface area contributed by atoms with Gasteiger partial charge in [-0.25, -0.2) is 0 Å². The summed E-state index contributed by atoms with van der Waals surface area (Å²) in [6.07, 6.45) is 5.95. The zero-order valence-corrected chi connectivity index (χ0v) is 10.5. The Hall–Kier alpha value is -0.500. The third kappa shape index (κ3) is 3.23. The lowest BCUT2D eigenvalue weighted by atomic mass is 9.77. The Bertz CT molecular complexity index is 233. The van der Waals surface area contributed by atoms with Gasteiger partial charge >= 0.3 is 0 Å². The molecular formula is C13H25NO. The highest BCUT2D eigenvalue weighted by Gasteiger charge is 2.38. The van der Waals surface area contributed by atoms with E-state index >= 15 is 0 Å². The molecule has 2 N–H and O–H groups in total. The summed E-state index contributed by atoms with van der Waals surface area (Å²) in [4.78, 5) is 0. The van der Waals surface area contributed by atoms with Gasteiger partial charge in [0.2, 0.25) is 0 Å². The molecule has 0 spiro atoms. The van der Waals surface area contributed by atoms with Crippen molar-refractivity contribution in [1.82, 2.24) is 0 Å². The molecule has 1 fully saturated rings. The minimum atomic E-state index is 0.475. The van der Waals surface area contributed by atoms with E-state index in [-0.39, 0.29) is 0 Å². The van der Waals surface area contributed by atoms with Crippen LogP contribution in [-0.4, -0.2) is 13.7 Å². The Morgan fingerprint density at radius 3 is 2.67 bits per heavy atom. The molecule has 0 aromatic carbocycles. The number of hydrogen-bond donors (Lipinski definition) is 1. The van der Waals surface area contributed by atoms with E-state index in [1.165, 1.54) is 12.8 Å². The van der Waals surface area contributed by atoms with Crippen molar-refractivity contribution in [2.24, 2.45) is 23.0 Å². The van der Waals surface area contributed by atoms with E-state index < -0.39 is 0 Å². The summed E-state index contributed by atoms with van der Waals surface area (Å²) >= 11 is 0. The normalized spacial score (nSPS) is 30.8. The van der Waals surface area contributed by atoms with Gasteiger partial charge in [-0.05, 0) is 36.5 Å². The van der Waals surface area contributed by atoms with Gasteiger partial charge in [0, 0.05) is 12.8 Å². The lowest BCUT2D eigenvalue weighted by Gasteiger charge is -2.28. The molecule has 88 valence electrons. The molecule has 1 rings (SSSR count). The Labute approximate surface area is 93.9 Å².